The van der Waals surface area contributed by atoms with Crippen LogP contribution >= 0.6 is 0 Å². The van der Waals surface area contributed by atoms with Gasteiger partial charge in [0.2, 0.25) is 0 Å². The van der Waals surface area contributed by atoms with E-state index in [0.717, 1.165) is 6.42 Å². The number of hydrogen-bond donors (Lipinski definition) is 1. The van der Waals surface area contributed by atoms with Crippen molar-refractivity contribution in [1.82, 2.24) is 4.90 Å². The second-order valence-electron chi connectivity index (χ2n) is 3.92. The molecule has 0 aromatic heterocycles. The number of carbonyl (C=O) groups excluding carboxylic acids is 1. The van der Waals surface area contributed by atoms with Gasteiger partial charge in [0.05, 0.1) is 19.3 Å². The first kappa shape index (κ1) is 13.5. The molecule has 1 aliphatic rings. The minimum atomic E-state index is -0.925. The molecule has 0 spiro atoms. The fraction of sp³-hybridized carbons (Fsp3) is 0.667. The molecule has 1 heterocycles. The van der Waals surface area contributed by atoms with E-state index in [-0.39, 0.29) is 19.1 Å². The molecule has 2 atom stereocenters. The Morgan fingerprint density at radius 3 is 2.71 bits per heavy atom. The summed E-state index contributed by atoms with van der Waals surface area (Å²) >= 11 is 0. The summed E-state index contributed by atoms with van der Waals surface area (Å²) in [6, 6.07) is -0.402. The van der Waals surface area contributed by atoms with E-state index in [1.54, 1.807) is 6.92 Å². The average molecular weight is 239 g/mol. The number of rotatable bonds is 4. The molecule has 1 N–H and O–H groups in total. The van der Waals surface area contributed by atoms with Crippen LogP contribution in [0.2, 0.25) is 0 Å². The van der Waals surface area contributed by atoms with Crippen LogP contribution in [0.15, 0.2) is 0 Å². The predicted molar refractivity (Wildman–Crippen MR) is 61.2 cm³/mol. The average Bonchev–Trinajstić information content (AvgIpc) is 2.74. The zero-order valence-electron chi connectivity index (χ0n) is 10.1. The SMILES string of the molecule is CC#CC(=O)N(CCC)C1COCC1C(=O)O. The van der Waals surface area contributed by atoms with E-state index < -0.39 is 17.9 Å². The molecule has 17 heavy (non-hydrogen) atoms. The lowest BCUT2D eigenvalue weighted by Gasteiger charge is -2.28. The van der Waals surface area contributed by atoms with E-state index in [1.807, 2.05) is 6.92 Å². The van der Waals surface area contributed by atoms with E-state index >= 15 is 0 Å². The maximum absolute atomic E-state index is 11.8. The van der Waals surface area contributed by atoms with Crippen molar-refractivity contribution in [2.45, 2.75) is 26.3 Å². The highest BCUT2D eigenvalue weighted by Crippen LogP contribution is 2.20. The smallest absolute Gasteiger partial charge is 0.311 e. The molecule has 5 heteroatoms. The summed E-state index contributed by atoms with van der Waals surface area (Å²) in [5.74, 6) is 3.10. The minimum Gasteiger partial charge on any atom is -0.481 e. The lowest BCUT2D eigenvalue weighted by Crippen LogP contribution is -2.46. The summed E-state index contributed by atoms with van der Waals surface area (Å²) in [4.78, 5) is 24.4. The molecular weight excluding hydrogens is 222 g/mol. The van der Waals surface area contributed by atoms with E-state index in [0.29, 0.717) is 6.54 Å². The van der Waals surface area contributed by atoms with Gasteiger partial charge in [-0.1, -0.05) is 12.8 Å². The van der Waals surface area contributed by atoms with Crippen LogP contribution in [0.4, 0.5) is 0 Å². The van der Waals surface area contributed by atoms with Gasteiger partial charge in [-0.2, -0.15) is 0 Å². The van der Waals surface area contributed by atoms with Gasteiger partial charge in [-0.15, -0.1) is 0 Å². The topological polar surface area (TPSA) is 66.8 Å². The van der Waals surface area contributed by atoms with Gasteiger partial charge >= 0.3 is 5.97 Å². The zero-order chi connectivity index (χ0) is 12.8. The molecule has 0 saturated carbocycles. The first-order valence-electron chi connectivity index (χ1n) is 5.65. The molecule has 1 amide bonds. The van der Waals surface area contributed by atoms with E-state index in [9.17, 15) is 9.59 Å². The summed E-state index contributed by atoms with van der Waals surface area (Å²) < 4.78 is 5.16. The molecule has 94 valence electrons. The fourth-order valence-corrected chi connectivity index (χ4v) is 1.92. The van der Waals surface area contributed by atoms with Gasteiger partial charge in [0.25, 0.3) is 5.91 Å². The van der Waals surface area contributed by atoms with Crippen LogP contribution in [0.3, 0.4) is 0 Å². The van der Waals surface area contributed by atoms with Crippen LogP contribution < -0.4 is 0 Å². The van der Waals surface area contributed by atoms with Gasteiger partial charge in [-0.25, -0.2) is 0 Å². The predicted octanol–water partition coefficient (Wildman–Crippen LogP) is 0.348. The van der Waals surface area contributed by atoms with Gasteiger partial charge in [0, 0.05) is 6.54 Å². The molecule has 0 aromatic carbocycles. The van der Waals surface area contributed by atoms with E-state index in [2.05, 4.69) is 11.8 Å². The molecule has 1 aliphatic heterocycles. The van der Waals surface area contributed by atoms with Gasteiger partial charge in [-0.3, -0.25) is 9.59 Å². The summed E-state index contributed by atoms with van der Waals surface area (Å²) in [5, 5.41) is 9.06. The molecule has 5 nitrogen and oxygen atoms in total. The number of hydrogen-bond acceptors (Lipinski definition) is 3. The normalized spacial score (nSPS) is 22.7. The summed E-state index contributed by atoms with van der Waals surface area (Å²) in [6.45, 7) is 4.46. The van der Waals surface area contributed by atoms with Crippen LogP contribution in [0.25, 0.3) is 0 Å². The number of aliphatic carboxylic acids is 1. The lowest BCUT2D eigenvalue weighted by molar-refractivity contribution is -0.144. The maximum Gasteiger partial charge on any atom is 0.311 e. The van der Waals surface area contributed by atoms with Crippen LogP contribution in [-0.2, 0) is 14.3 Å². The Morgan fingerprint density at radius 2 is 2.18 bits per heavy atom. The molecule has 0 bridgehead atoms. The van der Waals surface area contributed by atoms with Crippen molar-refractivity contribution in [3.8, 4) is 11.8 Å². The van der Waals surface area contributed by atoms with Crippen molar-refractivity contribution >= 4 is 11.9 Å². The Balaban J connectivity index is 2.84. The highest BCUT2D eigenvalue weighted by molar-refractivity contribution is 5.94. The molecule has 1 fully saturated rings. The van der Waals surface area contributed by atoms with Crippen molar-refractivity contribution in [3.63, 3.8) is 0 Å². The van der Waals surface area contributed by atoms with Gasteiger partial charge in [-0.05, 0) is 19.3 Å². The Kier molecular flexibility index (Phi) is 4.98. The number of carbonyl (C=O) groups is 2. The lowest BCUT2D eigenvalue weighted by atomic mass is 10.0. The number of carboxylic acid groups (broad SMARTS) is 1. The largest absolute Gasteiger partial charge is 0.481 e. The van der Waals surface area contributed by atoms with Crippen molar-refractivity contribution < 1.29 is 19.4 Å². The van der Waals surface area contributed by atoms with Crippen LogP contribution in [0, 0.1) is 17.8 Å². The third kappa shape index (κ3) is 3.21. The fourth-order valence-electron chi connectivity index (χ4n) is 1.92. The summed E-state index contributed by atoms with van der Waals surface area (Å²) in [5.41, 5.74) is 0. The summed E-state index contributed by atoms with van der Waals surface area (Å²) in [6.07, 6.45) is 0.764. The number of amides is 1. The quantitative estimate of drug-likeness (QED) is 0.719. The molecule has 2 unspecified atom stereocenters. The first-order chi connectivity index (χ1) is 8.11. The molecular formula is C12H17NO4. The second kappa shape index (κ2) is 6.26. The minimum absolute atomic E-state index is 0.160. The molecule has 0 aliphatic carbocycles. The first-order valence-corrected chi connectivity index (χ1v) is 5.65. The van der Waals surface area contributed by atoms with Crippen molar-refractivity contribution in [1.29, 1.82) is 0 Å². The third-order valence-electron chi connectivity index (χ3n) is 2.73. The van der Waals surface area contributed by atoms with Gasteiger partial charge < -0.3 is 14.7 Å². The Morgan fingerprint density at radius 1 is 1.47 bits per heavy atom. The number of ether oxygens (including phenoxy) is 1. The molecule has 0 aromatic rings. The highest BCUT2D eigenvalue weighted by atomic mass is 16.5. The Labute approximate surface area is 101 Å². The Bertz CT molecular complexity index is 355. The standard InChI is InChI=1S/C12H17NO4/c1-3-5-11(14)13(6-4-2)10-8-17-7-9(10)12(15)16/h9-10H,4,6-8H2,1-2H3,(H,15,16). The molecule has 0 radical (unpaired) electrons. The Hall–Kier alpha value is -1.54. The van der Waals surface area contributed by atoms with Crippen molar-refractivity contribution in [2.24, 2.45) is 5.92 Å². The third-order valence-corrected chi connectivity index (χ3v) is 2.73. The molecule has 1 rings (SSSR count). The second-order valence-corrected chi connectivity index (χ2v) is 3.92. The van der Waals surface area contributed by atoms with Crippen LogP contribution in [0.5, 0.6) is 0 Å². The van der Waals surface area contributed by atoms with E-state index in [4.69, 9.17) is 9.84 Å². The van der Waals surface area contributed by atoms with Crippen molar-refractivity contribution in [2.75, 3.05) is 19.8 Å². The number of carboxylic acids is 1. The maximum atomic E-state index is 11.8. The monoisotopic (exact) mass is 239 g/mol. The molecule has 1 saturated heterocycles. The van der Waals surface area contributed by atoms with Gasteiger partial charge in [0.15, 0.2) is 0 Å². The zero-order valence-corrected chi connectivity index (χ0v) is 10.1. The summed E-state index contributed by atoms with van der Waals surface area (Å²) in [7, 11) is 0. The van der Waals surface area contributed by atoms with Gasteiger partial charge in [0.1, 0.15) is 5.92 Å². The van der Waals surface area contributed by atoms with E-state index in [1.165, 1.54) is 4.90 Å². The highest BCUT2D eigenvalue weighted by Gasteiger charge is 2.39. The van der Waals surface area contributed by atoms with Crippen LogP contribution in [-0.4, -0.2) is 47.7 Å². The van der Waals surface area contributed by atoms with Crippen LogP contribution in [0.1, 0.15) is 20.3 Å². The number of nitrogens with zero attached hydrogens (tertiary/aromatic N) is 1. The van der Waals surface area contributed by atoms with Crippen molar-refractivity contribution in [3.05, 3.63) is 0 Å².